The zero-order valence-electron chi connectivity index (χ0n) is 7.74. The predicted molar refractivity (Wildman–Crippen MR) is 63.6 cm³/mol. The van der Waals surface area contributed by atoms with E-state index in [0.29, 0.717) is 5.75 Å². The largest absolute Gasteiger partial charge is 0.481 e. The molecule has 0 fully saturated rings. The minimum atomic E-state index is -0.833. The predicted octanol–water partition coefficient (Wildman–Crippen LogP) is 0.764. The SMILES string of the molecule is C=CCSC(=N)NC(N)=S.CC(=O)O. The van der Waals surface area contributed by atoms with Crippen LogP contribution in [0.3, 0.4) is 0 Å². The third kappa shape index (κ3) is 22.4. The molecule has 0 bridgehead atoms. The standard InChI is InChI=1S/C5H9N3S2.C2H4O2/c1-2-3-10-5(7)8-4(6)9;1-2(3)4/h2H,1,3H2,(H4,6,7,8,9);1H3,(H,3,4). The van der Waals surface area contributed by atoms with Gasteiger partial charge < -0.3 is 16.2 Å². The van der Waals surface area contributed by atoms with Crippen molar-refractivity contribution in [2.45, 2.75) is 6.92 Å². The van der Waals surface area contributed by atoms with Crippen LogP contribution in [0.4, 0.5) is 0 Å². The number of thiocarbonyl (C=S) groups is 1. The molecule has 5 N–H and O–H groups in total. The van der Waals surface area contributed by atoms with Gasteiger partial charge in [-0.25, -0.2) is 0 Å². The summed E-state index contributed by atoms with van der Waals surface area (Å²) in [6.45, 7) is 4.59. The van der Waals surface area contributed by atoms with E-state index >= 15 is 0 Å². The van der Waals surface area contributed by atoms with Crippen LogP contribution in [0, 0.1) is 5.41 Å². The summed E-state index contributed by atoms with van der Waals surface area (Å²) in [4.78, 5) is 9.00. The number of carboxylic acids is 1. The lowest BCUT2D eigenvalue weighted by molar-refractivity contribution is -0.134. The Morgan fingerprint density at radius 3 is 2.57 bits per heavy atom. The molecule has 0 aromatic rings. The molecule has 0 heterocycles. The van der Waals surface area contributed by atoms with Gasteiger partial charge in [-0.3, -0.25) is 10.2 Å². The van der Waals surface area contributed by atoms with Crippen LogP contribution in [0.25, 0.3) is 0 Å². The molecule has 80 valence electrons. The third-order valence-electron chi connectivity index (χ3n) is 0.582. The second-order valence-electron chi connectivity index (χ2n) is 1.94. The molecule has 0 aliphatic heterocycles. The van der Waals surface area contributed by atoms with Crippen molar-refractivity contribution in [3.05, 3.63) is 12.7 Å². The summed E-state index contributed by atoms with van der Waals surface area (Å²) in [5, 5.41) is 17.4. The molecule has 0 radical (unpaired) electrons. The number of nitrogens with one attached hydrogen (secondary N) is 2. The van der Waals surface area contributed by atoms with Gasteiger partial charge in [0, 0.05) is 12.7 Å². The number of hydrogen-bond acceptors (Lipinski definition) is 4. The highest BCUT2D eigenvalue weighted by molar-refractivity contribution is 8.13. The van der Waals surface area contributed by atoms with Gasteiger partial charge in [0.15, 0.2) is 10.3 Å². The van der Waals surface area contributed by atoms with Gasteiger partial charge in [-0.15, -0.1) is 6.58 Å². The highest BCUT2D eigenvalue weighted by Gasteiger charge is 1.94. The second-order valence-corrected chi connectivity index (χ2v) is 3.41. The zero-order valence-corrected chi connectivity index (χ0v) is 9.37. The number of nitrogens with two attached hydrogens (primary N) is 1. The van der Waals surface area contributed by atoms with Gasteiger partial charge in [-0.2, -0.15) is 0 Å². The Balaban J connectivity index is 0. The van der Waals surface area contributed by atoms with Crippen LogP contribution in [0.15, 0.2) is 12.7 Å². The monoisotopic (exact) mass is 235 g/mol. The van der Waals surface area contributed by atoms with E-state index in [9.17, 15) is 0 Å². The summed E-state index contributed by atoms with van der Waals surface area (Å²) in [6.07, 6.45) is 1.71. The molecular weight excluding hydrogens is 222 g/mol. The van der Waals surface area contributed by atoms with Crippen LogP contribution in [-0.4, -0.2) is 27.1 Å². The van der Waals surface area contributed by atoms with E-state index in [2.05, 4.69) is 24.1 Å². The lowest BCUT2D eigenvalue weighted by Gasteiger charge is -2.01. The number of aliphatic carboxylic acids is 1. The molecule has 0 aliphatic carbocycles. The maximum Gasteiger partial charge on any atom is 0.300 e. The van der Waals surface area contributed by atoms with Crippen LogP contribution in [0.2, 0.25) is 0 Å². The molecule has 0 rings (SSSR count). The molecule has 0 spiro atoms. The summed E-state index contributed by atoms with van der Waals surface area (Å²) >= 11 is 5.80. The van der Waals surface area contributed by atoms with Crippen molar-refractivity contribution in [3.63, 3.8) is 0 Å². The van der Waals surface area contributed by atoms with Crippen molar-refractivity contribution in [3.8, 4) is 0 Å². The number of thioether (sulfide) groups is 1. The third-order valence-corrected chi connectivity index (χ3v) is 1.48. The smallest absolute Gasteiger partial charge is 0.300 e. The fourth-order valence-electron chi connectivity index (χ4n) is 0.290. The van der Waals surface area contributed by atoms with Crippen LogP contribution in [0.5, 0.6) is 0 Å². The molecule has 7 heteroatoms. The van der Waals surface area contributed by atoms with E-state index in [1.165, 1.54) is 11.8 Å². The molecule has 5 nitrogen and oxygen atoms in total. The maximum atomic E-state index is 9.00. The first-order chi connectivity index (χ1) is 6.40. The topological polar surface area (TPSA) is 99.2 Å². The maximum absolute atomic E-state index is 9.00. The summed E-state index contributed by atoms with van der Waals surface area (Å²) < 4.78 is 0. The molecule has 14 heavy (non-hydrogen) atoms. The number of amidine groups is 1. The van der Waals surface area contributed by atoms with Crippen LogP contribution in [-0.2, 0) is 4.79 Å². The molecule has 0 aromatic heterocycles. The number of carbonyl (C=O) groups is 1. The quantitative estimate of drug-likeness (QED) is 0.244. The van der Waals surface area contributed by atoms with Gasteiger partial charge in [-0.1, -0.05) is 17.8 Å². The second kappa shape index (κ2) is 10.0. The van der Waals surface area contributed by atoms with E-state index in [0.717, 1.165) is 6.92 Å². The van der Waals surface area contributed by atoms with E-state index in [-0.39, 0.29) is 10.3 Å². The summed E-state index contributed by atoms with van der Waals surface area (Å²) in [5.74, 6) is -0.144. The summed E-state index contributed by atoms with van der Waals surface area (Å²) in [7, 11) is 0. The molecule has 0 saturated carbocycles. The molecule has 0 aromatic carbocycles. The minimum Gasteiger partial charge on any atom is -0.481 e. The zero-order chi connectivity index (χ0) is 11.6. The van der Waals surface area contributed by atoms with Crippen LogP contribution in [0.1, 0.15) is 6.92 Å². The molecule has 0 atom stereocenters. The lowest BCUT2D eigenvalue weighted by Crippen LogP contribution is -2.32. The molecule has 0 aliphatic rings. The van der Waals surface area contributed by atoms with Crippen molar-refractivity contribution < 1.29 is 9.90 Å². The fourth-order valence-corrected chi connectivity index (χ4v) is 0.924. The van der Waals surface area contributed by atoms with Crippen molar-refractivity contribution >= 4 is 40.2 Å². The Kier molecular flexibility index (Phi) is 11.0. The fraction of sp³-hybridized carbons (Fsp3) is 0.286. The summed E-state index contributed by atoms with van der Waals surface area (Å²) in [6, 6.07) is 0. The van der Waals surface area contributed by atoms with Gasteiger partial charge in [0.25, 0.3) is 5.97 Å². The average Bonchev–Trinajstić information content (AvgIpc) is 1.98. The van der Waals surface area contributed by atoms with Gasteiger partial charge in [0.1, 0.15) is 0 Å². The highest BCUT2D eigenvalue weighted by atomic mass is 32.2. The average molecular weight is 235 g/mol. The van der Waals surface area contributed by atoms with Gasteiger partial charge >= 0.3 is 0 Å². The van der Waals surface area contributed by atoms with Crippen molar-refractivity contribution in [1.29, 1.82) is 5.41 Å². The Labute approximate surface area is 92.3 Å². The van der Waals surface area contributed by atoms with Crippen molar-refractivity contribution in [1.82, 2.24) is 5.32 Å². The van der Waals surface area contributed by atoms with E-state index in [4.69, 9.17) is 21.0 Å². The molecule has 0 amide bonds. The van der Waals surface area contributed by atoms with E-state index < -0.39 is 5.97 Å². The number of rotatable bonds is 2. The normalized spacial score (nSPS) is 7.79. The van der Waals surface area contributed by atoms with Crippen LogP contribution < -0.4 is 11.1 Å². The summed E-state index contributed by atoms with van der Waals surface area (Å²) in [5.41, 5.74) is 5.11. The first-order valence-electron chi connectivity index (χ1n) is 3.48. The number of carboxylic acid groups (broad SMARTS) is 1. The van der Waals surface area contributed by atoms with Gasteiger partial charge in [0.05, 0.1) is 0 Å². The Bertz CT molecular complexity index is 227. The first-order valence-corrected chi connectivity index (χ1v) is 4.87. The molecular formula is C7H13N3O2S2. The Morgan fingerprint density at radius 2 is 2.29 bits per heavy atom. The van der Waals surface area contributed by atoms with Gasteiger partial charge in [0.2, 0.25) is 0 Å². The molecule has 0 saturated heterocycles. The van der Waals surface area contributed by atoms with Gasteiger partial charge in [-0.05, 0) is 12.2 Å². The van der Waals surface area contributed by atoms with Crippen LogP contribution >= 0.6 is 24.0 Å². The van der Waals surface area contributed by atoms with Crippen molar-refractivity contribution in [2.75, 3.05) is 5.75 Å². The van der Waals surface area contributed by atoms with E-state index in [1.54, 1.807) is 6.08 Å². The Hall–Kier alpha value is -1.08. The highest BCUT2D eigenvalue weighted by Crippen LogP contribution is 1.98. The number of hydrogen-bond donors (Lipinski definition) is 4. The molecule has 0 unspecified atom stereocenters. The first kappa shape index (κ1) is 15.4. The Morgan fingerprint density at radius 1 is 1.86 bits per heavy atom. The lowest BCUT2D eigenvalue weighted by atomic mass is 10.8. The van der Waals surface area contributed by atoms with E-state index in [1.807, 2.05) is 0 Å². The minimum absolute atomic E-state index is 0.126. The van der Waals surface area contributed by atoms with Crippen molar-refractivity contribution in [2.24, 2.45) is 5.73 Å².